The number of anilines is 2. The number of benzene rings is 1. The Balaban J connectivity index is 2.65. The van der Waals surface area contributed by atoms with Gasteiger partial charge < -0.3 is 15.7 Å². The number of hydrogen-bond donors (Lipinski definition) is 2. The summed E-state index contributed by atoms with van der Waals surface area (Å²) >= 11 is 12.2. The summed E-state index contributed by atoms with van der Waals surface area (Å²) in [5.41, 5.74) is 7.03. The van der Waals surface area contributed by atoms with Crippen LogP contribution in [0.5, 0.6) is 0 Å². The summed E-state index contributed by atoms with van der Waals surface area (Å²) < 4.78 is 0. The number of hydrogen-bond acceptors (Lipinski definition) is 3. The standard InChI is InChI=1S/C12H18Cl2N2O/c1-16(5-3-2-4-6-17)12-10(13)7-9(15)8-11(12)14/h7-8,17H,2-6,15H2,1H3. The first-order valence-corrected chi connectivity index (χ1v) is 6.38. The summed E-state index contributed by atoms with van der Waals surface area (Å²) in [5.74, 6) is 0. The van der Waals surface area contributed by atoms with Gasteiger partial charge in [0, 0.05) is 25.9 Å². The van der Waals surface area contributed by atoms with Crippen LogP contribution in [0.2, 0.25) is 10.0 Å². The Morgan fingerprint density at radius 1 is 1.18 bits per heavy atom. The highest BCUT2D eigenvalue weighted by Gasteiger charge is 2.11. The fourth-order valence-corrected chi connectivity index (χ4v) is 2.49. The molecule has 96 valence electrons. The highest BCUT2D eigenvalue weighted by atomic mass is 35.5. The number of nitrogens with two attached hydrogens (primary N) is 1. The maximum absolute atomic E-state index is 8.70. The van der Waals surface area contributed by atoms with Crippen molar-refractivity contribution in [1.82, 2.24) is 0 Å². The molecule has 0 radical (unpaired) electrons. The topological polar surface area (TPSA) is 49.5 Å². The van der Waals surface area contributed by atoms with Crippen molar-refractivity contribution < 1.29 is 5.11 Å². The predicted octanol–water partition coefficient (Wildman–Crippen LogP) is 3.17. The zero-order chi connectivity index (χ0) is 12.8. The van der Waals surface area contributed by atoms with E-state index < -0.39 is 0 Å². The van der Waals surface area contributed by atoms with Crippen molar-refractivity contribution in [3.8, 4) is 0 Å². The van der Waals surface area contributed by atoms with E-state index in [2.05, 4.69) is 0 Å². The van der Waals surface area contributed by atoms with Crippen molar-refractivity contribution in [2.75, 3.05) is 30.8 Å². The number of nitrogen functional groups attached to an aromatic ring is 1. The Bertz CT molecular complexity index is 349. The number of unbranched alkanes of at least 4 members (excludes halogenated alkanes) is 2. The van der Waals surface area contributed by atoms with Crippen LogP contribution in [-0.2, 0) is 0 Å². The largest absolute Gasteiger partial charge is 0.399 e. The molecule has 3 N–H and O–H groups in total. The number of halogens is 2. The lowest BCUT2D eigenvalue weighted by molar-refractivity contribution is 0.283. The average molecular weight is 277 g/mol. The molecule has 5 heteroatoms. The Morgan fingerprint density at radius 2 is 1.76 bits per heavy atom. The van der Waals surface area contributed by atoms with Gasteiger partial charge in [0.15, 0.2) is 0 Å². The summed E-state index contributed by atoms with van der Waals surface area (Å²) in [6.45, 7) is 1.09. The molecule has 0 aliphatic rings. The van der Waals surface area contributed by atoms with Crippen molar-refractivity contribution in [2.45, 2.75) is 19.3 Å². The Hall–Kier alpha value is -0.640. The molecule has 0 saturated heterocycles. The Morgan fingerprint density at radius 3 is 2.29 bits per heavy atom. The third kappa shape index (κ3) is 4.26. The molecule has 0 atom stereocenters. The van der Waals surface area contributed by atoms with Crippen molar-refractivity contribution in [3.63, 3.8) is 0 Å². The summed E-state index contributed by atoms with van der Waals surface area (Å²) in [6.07, 6.45) is 2.82. The SMILES string of the molecule is CN(CCCCCO)c1c(Cl)cc(N)cc1Cl. The molecule has 1 rings (SSSR count). The van der Waals surface area contributed by atoms with Gasteiger partial charge in [-0.25, -0.2) is 0 Å². The van der Waals surface area contributed by atoms with Gasteiger partial charge in [0.25, 0.3) is 0 Å². The van der Waals surface area contributed by atoms with Crippen LogP contribution in [0.25, 0.3) is 0 Å². The first kappa shape index (κ1) is 14.4. The van der Waals surface area contributed by atoms with Crippen LogP contribution in [0, 0.1) is 0 Å². The lowest BCUT2D eigenvalue weighted by Gasteiger charge is -2.22. The monoisotopic (exact) mass is 276 g/mol. The fourth-order valence-electron chi connectivity index (χ4n) is 1.70. The molecule has 17 heavy (non-hydrogen) atoms. The molecule has 3 nitrogen and oxygen atoms in total. The smallest absolute Gasteiger partial charge is 0.0743 e. The summed E-state index contributed by atoms with van der Waals surface area (Å²) in [7, 11) is 1.95. The van der Waals surface area contributed by atoms with Crippen LogP contribution in [0.3, 0.4) is 0 Å². The minimum absolute atomic E-state index is 0.243. The van der Waals surface area contributed by atoms with Gasteiger partial charge in [0.2, 0.25) is 0 Å². The molecule has 0 aliphatic carbocycles. The molecule has 0 aromatic heterocycles. The van der Waals surface area contributed by atoms with Crippen LogP contribution in [0.1, 0.15) is 19.3 Å². The highest BCUT2D eigenvalue weighted by molar-refractivity contribution is 6.39. The van der Waals surface area contributed by atoms with Crippen LogP contribution in [0.4, 0.5) is 11.4 Å². The van der Waals surface area contributed by atoms with E-state index in [9.17, 15) is 0 Å². The van der Waals surface area contributed by atoms with Crippen molar-refractivity contribution >= 4 is 34.6 Å². The van der Waals surface area contributed by atoms with E-state index >= 15 is 0 Å². The summed E-state index contributed by atoms with van der Waals surface area (Å²) in [4.78, 5) is 2.02. The molecule has 1 aromatic carbocycles. The zero-order valence-electron chi connectivity index (χ0n) is 9.92. The molecule has 0 spiro atoms. The molecule has 0 heterocycles. The second-order valence-electron chi connectivity index (χ2n) is 4.04. The lowest BCUT2D eigenvalue weighted by Crippen LogP contribution is -2.19. The molecule has 1 aromatic rings. The molecule has 0 amide bonds. The minimum atomic E-state index is 0.243. The molecular weight excluding hydrogens is 259 g/mol. The molecule has 0 unspecified atom stereocenters. The Labute approximate surface area is 112 Å². The van der Waals surface area contributed by atoms with Gasteiger partial charge in [-0.1, -0.05) is 23.2 Å². The van der Waals surface area contributed by atoms with Crippen LogP contribution >= 0.6 is 23.2 Å². The first-order valence-electron chi connectivity index (χ1n) is 5.62. The predicted molar refractivity (Wildman–Crippen MR) is 75.1 cm³/mol. The van der Waals surface area contributed by atoms with Gasteiger partial charge in [-0.2, -0.15) is 0 Å². The summed E-state index contributed by atoms with van der Waals surface area (Å²) in [6, 6.07) is 3.40. The molecule has 0 aliphatic heterocycles. The van der Waals surface area contributed by atoms with Crippen molar-refractivity contribution in [3.05, 3.63) is 22.2 Å². The van der Waals surface area contributed by atoms with Crippen molar-refractivity contribution in [1.29, 1.82) is 0 Å². The Kier molecular flexibility index (Phi) is 5.89. The van der Waals surface area contributed by atoms with Crippen LogP contribution < -0.4 is 10.6 Å². The molecule has 0 bridgehead atoms. The minimum Gasteiger partial charge on any atom is -0.399 e. The van der Waals surface area contributed by atoms with Gasteiger partial charge in [-0.05, 0) is 31.4 Å². The van der Waals surface area contributed by atoms with Gasteiger partial charge >= 0.3 is 0 Å². The highest BCUT2D eigenvalue weighted by Crippen LogP contribution is 2.35. The van der Waals surface area contributed by atoms with Crippen LogP contribution in [0.15, 0.2) is 12.1 Å². The van der Waals surface area contributed by atoms with E-state index in [1.54, 1.807) is 12.1 Å². The van der Waals surface area contributed by atoms with Gasteiger partial charge in [-0.15, -0.1) is 0 Å². The quantitative estimate of drug-likeness (QED) is 0.620. The number of aliphatic hydroxyl groups excluding tert-OH is 1. The number of aliphatic hydroxyl groups is 1. The second kappa shape index (κ2) is 6.94. The summed E-state index contributed by atoms with van der Waals surface area (Å²) in [5, 5.41) is 9.84. The van der Waals surface area contributed by atoms with E-state index in [1.807, 2.05) is 11.9 Å². The molecule has 0 fully saturated rings. The zero-order valence-corrected chi connectivity index (χ0v) is 11.4. The van der Waals surface area contributed by atoms with Gasteiger partial charge in [0.1, 0.15) is 0 Å². The normalized spacial score (nSPS) is 10.6. The van der Waals surface area contributed by atoms with Gasteiger partial charge in [-0.3, -0.25) is 0 Å². The van der Waals surface area contributed by atoms with Crippen molar-refractivity contribution in [2.24, 2.45) is 0 Å². The fraction of sp³-hybridized carbons (Fsp3) is 0.500. The lowest BCUT2D eigenvalue weighted by atomic mass is 10.2. The van der Waals surface area contributed by atoms with E-state index in [1.165, 1.54) is 0 Å². The van der Waals surface area contributed by atoms with E-state index in [4.69, 9.17) is 34.0 Å². The number of nitrogens with zero attached hydrogens (tertiary/aromatic N) is 1. The second-order valence-corrected chi connectivity index (χ2v) is 4.85. The average Bonchev–Trinajstić information content (AvgIpc) is 2.23. The first-order chi connectivity index (χ1) is 8.06. The molecular formula is C12H18Cl2N2O. The van der Waals surface area contributed by atoms with Gasteiger partial charge in [0.05, 0.1) is 15.7 Å². The third-order valence-corrected chi connectivity index (χ3v) is 3.15. The maximum Gasteiger partial charge on any atom is 0.0743 e. The molecule has 0 saturated carbocycles. The van der Waals surface area contributed by atoms with E-state index in [0.29, 0.717) is 15.7 Å². The van der Waals surface area contributed by atoms with Crippen LogP contribution in [-0.4, -0.2) is 25.3 Å². The van der Waals surface area contributed by atoms with E-state index in [-0.39, 0.29) is 6.61 Å². The maximum atomic E-state index is 8.70. The van der Waals surface area contributed by atoms with E-state index in [0.717, 1.165) is 31.5 Å². The number of rotatable bonds is 6. The third-order valence-electron chi connectivity index (χ3n) is 2.57.